The van der Waals surface area contributed by atoms with Crippen molar-refractivity contribution in [2.24, 2.45) is 5.92 Å². The number of benzene rings is 1. The first-order valence-electron chi connectivity index (χ1n) is 8.94. The lowest BCUT2D eigenvalue weighted by molar-refractivity contribution is 0.373. The van der Waals surface area contributed by atoms with Crippen molar-refractivity contribution in [2.75, 3.05) is 7.11 Å². The third kappa shape index (κ3) is 2.94. The molecule has 2 aliphatic carbocycles. The van der Waals surface area contributed by atoms with Crippen molar-refractivity contribution in [3.63, 3.8) is 0 Å². The summed E-state index contributed by atoms with van der Waals surface area (Å²) >= 11 is 0. The van der Waals surface area contributed by atoms with Gasteiger partial charge in [-0.1, -0.05) is 36.1 Å². The first-order chi connectivity index (χ1) is 10.8. The lowest BCUT2D eigenvalue weighted by Gasteiger charge is -2.38. The van der Waals surface area contributed by atoms with Gasteiger partial charge < -0.3 is 10.1 Å². The molecule has 2 atom stereocenters. The molecule has 1 aromatic carbocycles. The molecule has 1 heterocycles. The van der Waals surface area contributed by atoms with Crippen LogP contribution in [-0.2, 0) is 0 Å². The number of methoxy groups -OCH3 is 1. The third-order valence-corrected chi connectivity index (χ3v) is 5.66. The standard InChI is InChI=1S/C20H27NO/c1-22-17-7-4-6-16(12-17)19-13-15-5-2-3-8-18(15)20(21-19)11-14-9-10-14/h4,6-7,12,14,19-21H,2-3,5,8-11,13H2,1H3/t19-,20+/m0/s1. The first-order valence-corrected chi connectivity index (χ1v) is 8.94. The predicted molar refractivity (Wildman–Crippen MR) is 90.1 cm³/mol. The maximum atomic E-state index is 5.41. The Labute approximate surface area is 133 Å². The van der Waals surface area contributed by atoms with Crippen molar-refractivity contribution < 1.29 is 4.74 Å². The molecule has 1 N–H and O–H groups in total. The Bertz CT molecular complexity index is 573. The van der Waals surface area contributed by atoms with Gasteiger partial charge in [0.15, 0.2) is 0 Å². The molecule has 0 amide bonds. The largest absolute Gasteiger partial charge is 0.497 e. The highest BCUT2D eigenvalue weighted by molar-refractivity contribution is 5.35. The fraction of sp³-hybridized carbons (Fsp3) is 0.600. The van der Waals surface area contributed by atoms with Crippen molar-refractivity contribution >= 4 is 0 Å². The number of hydrogen-bond donors (Lipinski definition) is 1. The summed E-state index contributed by atoms with van der Waals surface area (Å²) in [5, 5.41) is 3.98. The molecule has 4 rings (SSSR count). The number of ether oxygens (including phenoxy) is 1. The van der Waals surface area contributed by atoms with Crippen molar-refractivity contribution in [1.29, 1.82) is 0 Å². The van der Waals surface area contributed by atoms with E-state index < -0.39 is 0 Å². The second kappa shape index (κ2) is 6.08. The highest BCUT2D eigenvalue weighted by atomic mass is 16.5. The van der Waals surface area contributed by atoms with E-state index >= 15 is 0 Å². The molecule has 1 aromatic rings. The summed E-state index contributed by atoms with van der Waals surface area (Å²) in [4.78, 5) is 0. The van der Waals surface area contributed by atoms with Crippen LogP contribution in [0.3, 0.4) is 0 Å². The van der Waals surface area contributed by atoms with Gasteiger partial charge in [-0.25, -0.2) is 0 Å². The molecule has 1 saturated carbocycles. The Morgan fingerprint density at radius 2 is 2.05 bits per heavy atom. The van der Waals surface area contributed by atoms with E-state index in [9.17, 15) is 0 Å². The van der Waals surface area contributed by atoms with Gasteiger partial charge in [-0.3, -0.25) is 0 Å². The van der Waals surface area contributed by atoms with E-state index in [0.29, 0.717) is 12.1 Å². The molecule has 0 aromatic heterocycles. The monoisotopic (exact) mass is 297 g/mol. The minimum absolute atomic E-state index is 0.468. The maximum Gasteiger partial charge on any atom is 0.119 e. The van der Waals surface area contributed by atoms with E-state index in [1.54, 1.807) is 18.3 Å². The van der Waals surface area contributed by atoms with Crippen LogP contribution in [0.25, 0.3) is 0 Å². The molecule has 2 nitrogen and oxygen atoms in total. The van der Waals surface area contributed by atoms with Gasteiger partial charge in [0.2, 0.25) is 0 Å². The van der Waals surface area contributed by atoms with Gasteiger partial charge in [-0.2, -0.15) is 0 Å². The molecule has 0 saturated heterocycles. The summed E-state index contributed by atoms with van der Waals surface area (Å²) in [5.74, 6) is 1.96. The number of hydrogen-bond acceptors (Lipinski definition) is 2. The van der Waals surface area contributed by atoms with Crippen LogP contribution in [0.1, 0.15) is 63.0 Å². The normalized spacial score (nSPS) is 28.4. The molecule has 1 fully saturated rings. The van der Waals surface area contributed by atoms with Crippen LogP contribution in [0.4, 0.5) is 0 Å². The quantitative estimate of drug-likeness (QED) is 0.808. The molecule has 0 bridgehead atoms. The summed E-state index contributed by atoms with van der Waals surface area (Å²) in [6.45, 7) is 0. The van der Waals surface area contributed by atoms with E-state index in [1.807, 2.05) is 6.07 Å². The highest BCUT2D eigenvalue weighted by Crippen LogP contribution is 2.43. The molecular formula is C20H27NO. The second-order valence-electron chi connectivity index (χ2n) is 7.27. The molecular weight excluding hydrogens is 270 g/mol. The van der Waals surface area contributed by atoms with Crippen molar-refractivity contribution in [3.8, 4) is 5.75 Å². The fourth-order valence-corrected chi connectivity index (χ4v) is 4.26. The summed E-state index contributed by atoms with van der Waals surface area (Å²) < 4.78 is 5.41. The average molecular weight is 297 g/mol. The van der Waals surface area contributed by atoms with Crippen LogP contribution < -0.4 is 10.1 Å². The van der Waals surface area contributed by atoms with Crippen LogP contribution in [0, 0.1) is 5.92 Å². The van der Waals surface area contributed by atoms with Gasteiger partial charge in [-0.15, -0.1) is 0 Å². The van der Waals surface area contributed by atoms with Crippen LogP contribution in [0.15, 0.2) is 35.4 Å². The molecule has 0 unspecified atom stereocenters. The summed E-state index contributed by atoms with van der Waals surface area (Å²) in [5.41, 5.74) is 4.93. The minimum Gasteiger partial charge on any atom is -0.497 e. The average Bonchev–Trinajstić information content (AvgIpc) is 3.39. The summed E-state index contributed by atoms with van der Waals surface area (Å²) in [6.07, 6.45) is 10.9. The molecule has 2 heteroatoms. The molecule has 1 aliphatic heterocycles. The number of rotatable bonds is 4. The van der Waals surface area contributed by atoms with Gasteiger partial charge >= 0.3 is 0 Å². The Balaban J connectivity index is 1.60. The first kappa shape index (κ1) is 14.3. The molecule has 0 spiro atoms. The second-order valence-corrected chi connectivity index (χ2v) is 7.27. The minimum atomic E-state index is 0.468. The fourth-order valence-electron chi connectivity index (χ4n) is 4.26. The van der Waals surface area contributed by atoms with Gasteiger partial charge in [0.25, 0.3) is 0 Å². The van der Waals surface area contributed by atoms with E-state index in [1.165, 1.54) is 56.9 Å². The zero-order valence-electron chi connectivity index (χ0n) is 13.6. The molecule has 3 aliphatic rings. The topological polar surface area (TPSA) is 21.3 Å². The lowest BCUT2D eigenvalue weighted by atomic mass is 9.78. The molecule has 118 valence electrons. The predicted octanol–water partition coefficient (Wildman–Crippen LogP) is 4.77. The van der Waals surface area contributed by atoms with E-state index in [4.69, 9.17) is 4.74 Å². The maximum absolute atomic E-state index is 5.41. The van der Waals surface area contributed by atoms with E-state index in [-0.39, 0.29) is 0 Å². The van der Waals surface area contributed by atoms with Crippen molar-refractivity contribution in [1.82, 2.24) is 5.32 Å². The Morgan fingerprint density at radius 3 is 2.86 bits per heavy atom. The van der Waals surface area contributed by atoms with Gasteiger partial charge in [0.05, 0.1) is 7.11 Å². The Morgan fingerprint density at radius 1 is 1.18 bits per heavy atom. The van der Waals surface area contributed by atoms with Gasteiger partial charge in [-0.05, 0) is 62.1 Å². The number of nitrogens with one attached hydrogen (secondary N) is 1. The van der Waals surface area contributed by atoms with Crippen LogP contribution in [-0.4, -0.2) is 13.2 Å². The van der Waals surface area contributed by atoms with Crippen molar-refractivity contribution in [2.45, 2.75) is 63.5 Å². The Hall–Kier alpha value is -1.28. The van der Waals surface area contributed by atoms with E-state index in [0.717, 1.165) is 11.7 Å². The van der Waals surface area contributed by atoms with Gasteiger partial charge in [0, 0.05) is 12.1 Å². The summed E-state index contributed by atoms with van der Waals surface area (Å²) in [7, 11) is 1.76. The lowest BCUT2D eigenvalue weighted by Crippen LogP contribution is -2.40. The zero-order valence-corrected chi connectivity index (χ0v) is 13.6. The molecule has 0 radical (unpaired) electrons. The highest BCUT2D eigenvalue weighted by Gasteiger charge is 2.34. The SMILES string of the molecule is COc1cccc([C@@H]2CC3=C(CCCC3)[C@@H](CC3CC3)N2)c1. The van der Waals surface area contributed by atoms with Crippen molar-refractivity contribution in [3.05, 3.63) is 41.0 Å². The third-order valence-electron chi connectivity index (χ3n) is 5.66. The smallest absolute Gasteiger partial charge is 0.119 e. The van der Waals surface area contributed by atoms with Gasteiger partial charge in [0.1, 0.15) is 5.75 Å². The Kier molecular flexibility index (Phi) is 3.96. The van der Waals surface area contributed by atoms with Crippen LogP contribution in [0.5, 0.6) is 5.75 Å². The van der Waals surface area contributed by atoms with E-state index in [2.05, 4.69) is 23.5 Å². The van der Waals surface area contributed by atoms with Crippen LogP contribution >= 0.6 is 0 Å². The summed E-state index contributed by atoms with van der Waals surface area (Å²) in [6, 6.07) is 9.72. The molecule has 22 heavy (non-hydrogen) atoms. The van der Waals surface area contributed by atoms with Crippen LogP contribution in [0.2, 0.25) is 0 Å². The zero-order chi connectivity index (χ0) is 14.9.